The topological polar surface area (TPSA) is 55.6 Å². The molecule has 1 atom stereocenters. The minimum atomic E-state index is -0.574. The average molecular weight is 236 g/mol. The normalized spacial score (nSPS) is 12.2. The van der Waals surface area contributed by atoms with Crippen LogP contribution in [0.3, 0.4) is 0 Å². The zero-order valence-electron chi connectivity index (χ0n) is 10.6. The predicted octanol–water partition coefficient (Wildman–Crippen LogP) is 1.32. The van der Waals surface area contributed by atoms with Crippen LogP contribution in [-0.4, -0.2) is 32.2 Å². The summed E-state index contributed by atoms with van der Waals surface area (Å²) in [4.78, 5) is 13.9. The molecule has 4 heteroatoms. The molecule has 0 bridgehead atoms. The summed E-state index contributed by atoms with van der Waals surface area (Å²) >= 11 is 0. The van der Waals surface area contributed by atoms with Crippen molar-refractivity contribution in [3.63, 3.8) is 0 Å². The molecule has 2 N–H and O–H groups in total. The molecule has 17 heavy (non-hydrogen) atoms. The summed E-state index contributed by atoms with van der Waals surface area (Å²) in [5.74, 6) is -0.0909. The molecule has 94 valence electrons. The summed E-state index contributed by atoms with van der Waals surface area (Å²) < 4.78 is 5.09. The largest absolute Gasteiger partial charge is 0.370 e. The summed E-state index contributed by atoms with van der Waals surface area (Å²) in [6.45, 7) is 4.71. The number of nitrogens with two attached hydrogens (primary N) is 1. The number of carbonyl (C=O) groups excluding carboxylic acids is 1. The van der Waals surface area contributed by atoms with E-state index >= 15 is 0 Å². The Hall–Kier alpha value is -1.39. The van der Waals surface area contributed by atoms with Gasteiger partial charge in [0.05, 0.1) is 0 Å². The third kappa shape index (κ3) is 3.05. The molecule has 0 spiro atoms. The quantitative estimate of drug-likeness (QED) is 0.839. The maximum absolute atomic E-state index is 12.2. The van der Waals surface area contributed by atoms with Crippen LogP contribution in [0.25, 0.3) is 0 Å². The molecule has 0 radical (unpaired) electrons. The van der Waals surface area contributed by atoms with E-state index in [1.165, 1.54) is 7.11 Å². The predicted molar refractivity (Wildman–Crippen MR) is 69.1 cm³/mol. The van der Waals surface area contributed by atoms with Gasteiger partial charge in [-0.2, -0.15) is 0 Å². The average Bonchev–Trinajstić information content (AvgIpc) is 2.34. The Balaban J connectivity index is 3.00. The SMILES string of the molecule is CCN(C(=O)C(CN)OC)c1ccccc1C. The number of benzene rings is 1. The van der Waals surface area contributed by atoms with Gasteiger partial charge in [0.2, 0.25) is 0 Å². The number of carbonyl (C=O) groups is 1. The lowest BCUT2D eigenvalue weighted by Gasteiger charge is -2.26. The van der Waals surface area contributed by atoms with Crippen LogP contribution in [-0.2, 0) is 9.53 Å². The van der Waals surface area contributed by atoms with Crippen molar-refractivity contribution in [2.24, 2.45) is 5.73 Å². The number of nitrogens with zero attached hydrogens (tertiary/aromatic N) is 1. The van der Waals surface area contributed by atoms with E-state index in [1.807, 2.05) is 38.1 Å². The highest BCUT2D eigenvalue weighted by molar-refractivity contribution is 5.97. The minimum Gasteiger partial charge on any atom is -0.370 e. The number of likely N-dealkylation sites (N-methyl/N-ethyl adjacent to an activating group) is 1. The fraction of sp³-hybridized carbons (Fsp3) is 0.462. The molecule has 0 fully saturated rings. The van der Waals surface area contributed by atoms with Gasteiger partial charge in [-0.05, 0) is 25.5 Å². The van der Waals surface area contributed by atoms with Crippen LogP contribution in [0.15, 0.2) is 24.3 Å². The second-order valence-corrected chi connectivity index (χ2v) is 3.83. The first kappa shape index (κ1) is 13.7. The Labute approximate surface area is 102 Å². The molecule has 1 aromatic rings. The monoisotopic (exact) mass is 236 g/mol. The van der Waals surface area contributed by atoms with E-state index in [-0.39, 0.29) is 12.5 Å². The van der Waals surface area contributed by atoms with Crippen LogP contribution in [0.5, 0.6) is 0 Å². The number of methoxy groups -OCH3 is 1. The van der Waals surface area contributed by atoms with E-state index in [1.54, 1.807) is 4.90 Å². The molecule has 0 aliphatic carbocycles. The Morgan fingerprint density at radius 2 is 2.12 bits per heavy atom. The maximum Gasteiger partial charge on any atom is 0.257 e. The first-order valence-electron chi connectivity index (χ1n) is 5.75. The molecule has 4 nitrogen and oxygen atoms in total. The number of rotatable bonds is 5. The third-order valence-corrected chi connectivity index (χ3v) is 2.76. The number of hydrogen-bond acceptors (Lipinski definition) is 3. The molecule has 1 rings (SSSR count). The van der Waals surface area contributed by atoms with Gasteiger partial charge in [0.1, 0.15) is 6.10 Å². The lowest BCUT2D eigenvalue weighted by atomic mass is 10.1. The van der Waals surface area contributed by atoms with Crippen molar-refractivity contribution in [1.29, 1.82) is 0 Å². The summed E-state index contributed by atoms with van der Waals surface area (Å²) in [6.07, 6.45) is -0.574. The first-order chi connectivity index (χ1) is 8.15. The summed E-state index contributed by atoms with van der Waals surface area (Å²) in [5.41, 5.74) is 7.50. The van der Waals surface area contributed by atoms with Crippen molar-refractivity contribution in [3.8, 4) is 0 Å². The maximum atomic E-state index is 12.2. The zero-order chi connectivity index (χ0) is 12.8. The molecular weight excluding hydrogens is 216 g/mol. The first-order valence-corrected chi connectivity index (χ1v) is 5.75. The molecule has 1 aromatic carbocycles. The number of para-hydroxylation sites is 1. The Morgan fingerprint density at radius 1 is 1.47 bits per heavy atom. The van der Waals surface area contributed by atoms with Crippen molar-refractivity contribution in [2.75, 3.05) is 25.1 Å². The molecule has 0 aliphatic rings. The van der Waals surface area contributed by atoms with Gasteiger partial charge >= 0.3 is 0 Å². The fourth-order valence-electron chi connectivity index (χ4n) is 1.78. The van der Waals surface area contributed by atoms with Crippen LogP contribution >= 0.6 is 0 Å². The summed E-state index contributed by atoms with van der Waals surface area (Å²) in [5, 5.41) is 0. The third-order valence-electron chi connectivity index (χ3n) is 2.76. The number of anilines is 1. The highest BCUT2D eigenvalue weighted by atomic mass is 16.5. The number of amides is 1. The van der Waals surface area contributed by atoms with Crippen LogP contribution in [0.1, 0.15) is 12.5 Å². The van der Waals surface area contributed by atoms with E-state index in [2.05, 4.69) is 0 Å². The highest BCUT2D eigenvalue weighted by Crippen LogP contribution is 2.20. The molecule has 1 amide bonds. The van der Waals surface area contributed by atoms with E-state index < -0.39 is 6.10 Å². The molecule has 1 unspecified atom stereocenters. The number of hydrogen-bond donors (Lipinski definition) is 1. The second-order valence-electron chi connectivity index (χ2n) is 3.83. The fourth-order valence-corrected chi connectivity index (χ4v) is 1.78. The van der Waals surface area contributed by atoms with Crippen LogP contribution in [0.4, 0.5) is 5.69 Å². The van der Waals surface area contributed by atoms with E-state index in [0.717, 1.165) is 11.3 Å². The number of ether oxygens (including phenoxy) is 1. The van der Waals surface area contributed by atoms with Crippen molar-refractivity contribution in [2.45, 2.75) is 20.0 Å². The van der Waals surface area contributed by atoms with Crippen LogP contribution in [0, 0.1) is 6.92 Å². The molecule has 0 saturated carbocycles. The highest BCUT2D eigenvalue weighted by Gasteiger charge is 2.23. The van der Waals surface area contributed by atoms with E-state index in [4.69, 9.17) is 10.5 Å². The lowest BCUT2D eigenvalue weighted by molar-refractivity contribution is -0.127. The molecule has 0 saturated heterocycles. The van der Waals surface area contributed by atoms with Crippen molar-refractivity contribution < 1.29 is 9.53 Å². The Morgan fingerprint density at radius 3 is 2.59 bits per heavy atom. The van der Waals surface area contributed by atoms with E-state index in [0.29, 0.717) is 6.54 Å². The standard InChI is InChI=1S/C13H20N2O2/c1-4-15(13(16)12(9-14)17-3)11-8-6-5-7-10(11)2/h5-8,12H,4,9,14H2,1-3H3. The van der Waals surface area contributed by atoms with Gasteiger partial charge in [-0.1, -0.05) is 18.2 Å². The van der Waals surface area contributed by atoms with Gasteiger partial charge in [-0.15, -0.1) is 0 Å². The van der Waals surface area contributed by atoms with Gasteiger partial charge in [0.25, 0.3) is 5.91 Å². The van der Waals surface area contributed by atoms with Gasteiger partial charge in [0, 0.05) is 25.9 Å². The van der Waals surface area contributed by atoms with Gasteiger partial charge < -0.3 is 15.4 Å². The van der Waals surface area contributed by atoms with Gasteiger partial charge in [-0.25, -0.2) is 0 Å². The number of aryl methyl sites for hydroxylation is 1. The zero-order valence-corrected chi connectivity index (χ0v) is 10.6. The molecule has 0 aromatic heterocycles. The van der Waals surface area contributed by atoms with Gasteiger partial charge in [0.15, 0.2) is 0 Å². The van der Waals surface area contributed by atoms with Crippen LogP contribution in [0.2, 0.25) is 0 Å². The van der Waals surface area contributed by atoms with Gasteiger partial charge in [-0.3, -0.25) is 4.79 Å². The lowest BCUT2D eigenvalue weighted by Crippen LogP contribution is -2.44. The van der Waals surface area contributed by atoms with Crippen molar-refractivity contribution in [1.82, 2.24) is 0 Å². The molecular formula is C13H20N2O2. The Bertz CT molecular complexity index is 375. The summed E-state index contributed by atoms with van der Waals surface area (Å²) in [7, 11) is 1.50. The van der Waals surface area contributed by atoms with Crippen LogP contribution < -0.4 is 10.6 Å². The molecule has 0 aliphatic heterocycles. The van der Waals surface area contributed by atoms with Crippen molar-refractivity contribution >= 4 is 11.6 Å². The smallest absolute Gasteiger partial charge is 0.257 e. The molecule has 0 heterocycles. The second kappa shape index (κ2) is 6.37. The van der Waals surface area contributed by atoms with Crippen molar-refractivity contribution in [3.05, 3.63) is 29.8 Å². The Kier molecular flexibility index (Phi) is 5.12. The summed E-state index contributed by atoms with van der Waals surface area (Å²) in [6, 6.07) is 7.78. The minimum absolute atomic E-state index is 0.0909. The van der Waals surface area contributed by atoms with E-state index in [9.17, 15) is 4.79 Å².